The number of hydrogen-bond donors (Lipinski definition) is 2. The van der Waals surface area contributed by atoms with E-state index in [1.165, 1.54) is 11.3 Å². The Morgan fingerprint density at radius 2 is 2.11 bits per heavy atom. The first-order valence-electron chi connectivity index (χ1n) is 5.84. The van der Waals surface area contributed by atoms with Gasteiger partial charge in [0.05, 0.1) is 12.2 Å². The van der Waals surface area contributed by atoms with Crippen LogP contribution < -0.4 is 10.0 Å². The summed E-state index contributed by atoms with van der Waals surface area (Å²) in [7, 11) is -3.46. The molecular formula is C12H15N3O2S2. The smallest absolute Gasteiger partial charge is 0.242 e. The van der Waals surface area contributed by atoms with E-state index in [1.807, 2.05) is 5.38 Å². The molecule has 19 heavy (non-hydrogen) atoms. The van der Waals surface area contributed by atoms with Gasteiger partial charge in [0.1, 0.15) is 9.90 Å². The van der Waals surface area contributed by atoms with Gasteiger partial charge in [-0.2, -0.15) is 0 Å². The largest absolute Gasteiger partial charge is 0.377 e. The first-order valence-corrected chi connectivity index (χ1v) is 8.20. The fraction of sp³-hybridized carbons (Fsp3) is 0.250. The summed E-state index contributed by atoms with van der Waals surface area (Å²) in [5.41, 5.74) is 0.582. The molecule has 0 fully saturated rings. The third-order valence-electron chi connectivity index (χ3n) is 2.42. The second-order valence-corrected chi connectivity index (χ2v) is 6.49. The van der Waals surface area contributed by atoms with Crippen LogP contribution in [0.1, 0.15) is 11.9 Å². The Labute approximate surface area is 116 Å². The average Bonchev–Trinajstić information content (AvgIpc) is 2.90. The topological polar surface area (TPSA) is 71.1 Å². The normalized spacial score (nSPS) is 11.4. The third kappa shape index (κ3) is 3.52. The molecule has 0 aliphatic heterocycles. The Balaban J connectivity index is 2.21. The lowest BCUT2D eigenvalue weighted by Crippen LogP contribution is -2.24. The zero-order valence-corrected chi connectivity index (χ0v) is 12.1. The second kappa shape index (κ2) is 6.14. The number of benzene rings is 1. The van der Waals surface area contributed by atoms with Crippen LogP contribution in [0.5, 0.6) is 0 Å². The van der Waals surface area contributed by atoms with Crippen LogP contribution in [-0.4, -0.2) is 19.9 Å². The molecule has 0 amide bonds. The molecule has 0 saturated heterocycles. The number of nitrogens with zero attached hydrogens (tertiary/aromatic N) is 1. The third-order valence-corrected chi connectivity index (χ3v) is 4.81. The summed E-state index contributed by atoms with van der Waals surface area (Å²) in [4.78, 5) is 4.41. The van der Waals surface area contributed by atoms with Crippen LogP contribution in [0.2, 0.25) is 0 Å². The summed E-state index contributed by atoms with van der Waals surface area (Å²) in [5, 5.41) is 5.91. The lowest BCUT2D eigenvalue weighted by atomic mass is 10.3. The quantitative estimate of drug-likeness (QED) is 0.856. The Morgan fingerprint density at radius 1 is 1.32 bits per heavy atom. The number of sulfonamides is 1. The zero-order valence-electron chi connectivity index (χ0n) is 10.5. The molecule has 0 radical (unpaired) electrons. The van der Waals surface area contributed by atoms with Crippen LogP contribution in [0.15, 0.2) is 40.7 Å². The summed E-state index contributed by atoms with van der Waals surface area (Å²) in [5.74, 6) is 0. The maximum Gasteiger partial charge on any atom is 0.242 e. The van der Waals surface area contributed by atoms with E-state index in [0.717, 1.165) is 5.01 Å². The fourth-order valence-corrected chi connectivity index (χ4v) is 3.40. The molecule has 1 aromatic carbocycles. The zero-order chi connectivity index (χ0) is 13.7. The van der Waals surface area contributed by atoms with Crippen molar-refractivity contribution in [2.45, 2.75) is 18.4 Å². The fourth-order valence-electron chi connectivity index (χ4n) is 1.63. The Morgan fingerprint density at radius 3 is 2.79 bits per heavy atom. The molecule has 1 aromatic heterocycles. The van der Waals surface area contributed by atoms with Crippen molar-refractivity contribution < 1.29 is 8.42 Å². The molecule has 1 heterocycles. The summed E-state index contributed by atoms with van der Waals surface area (Å²) >= 11 is 1.53. The average molecular weight is 297 g/mol. The van der Waals surface area contributed by atoms with Crippen LogP contribution in [0.4, 0.5) is 5.69 Å². The van der Waals surface area contributed by atoms with E-state index in [0.29, 0.717) is 18.8 Å². The SMILES string of the molecule is CCNS(=O)(=O)c1ccccc1NCc1nccs1. The Hall–Kier alpha value is -1.44. The molecule has 0 aliphatic rings. The number of para-hydroxylation sites is 1. The Bertz CT molecular complexity index is 624. The molecule has 0 unspecified atom stereocenters. The number of aromatic nitrogens is 1. The molecule has 0 saturated carbocycles. The van der Waals surface area contributed by atoms with Gasteiger partial charge >= 0.3 is 0 Å². The molecule has 0 atom stereocenters. The van der Waals surface area contributed by atoms with E-state index in [9.17, 15) is 8.42 Å². The number of nitrogens with one attached hydrogen (secondary N) is 2. The molecular weight excluding hydrogens is 282 g/mol. The van der Waals surface area contributed by atoms with Crippen LogP contribution in [0.3, 0.4) is 0 Å². The van der Waals surface area contributed by atoms with Crippen molar-refractivity contribution in [3.8, 4) is 0 Å². The standard InChI is InChI=1S/C12H15N3O2S2/c1-2-15-19(16,17)11-6-4-3-5-10(11)14-9-12-13-7-8-18-12/h3-8,14-15H,2,9H2,1H3. The molecule has 102 valence electrons. The van der Waals surface area contributed by atoms with Gasteiger partial charge in [0.15, 0.2) is 0 Å². The summed E-state index contributed by atoms with van der Waals surface area (Å²) < 4.78 is 26.6. The lowest BCUT2D eigenvalue weighted by Gasteiger charge is -2.11. The number of hydrogen-bond acceptors (Lipinski definition) is 5. The second-order valence-electron chi connectivity index (χ2n) is 3.78. The highest BCUT2D eigenvalue weighted by atomic mass is 32.2. The predicted octanol–water partition coefficient (Wildman–Crippen LogP) is 2.05. The molecule has 5 nitrogen and oxygen atoms in total. The van der Waals surface area contributed by atoms with E-state index in [1.54, 1.807) is 37.4 Å². The molecule has 0 spiro atoms. The minimum atomic E-state index is -3.46. The van der Waals surface area contributed by atoms with Gasteiger partial charge in [0.2, 0.25) is 10.0 Å². The molecule has 0 aliphatic carbocycles. The highest BCUT2D eigenvalue weighted by Gasteiger charge is 2.16. The lowest BCUT2D eigenvalue weighted by molar-refractivity contribution is 0.584. The molecule has 2 aromatic rings. The maximum atomic E-state index is 12.1. The maximum absolute atomic E-state index is 12.1. The van der Waals surface area contributed by atoms with Crippen LogP contribution in [0, 0.1) is 0 Å². The molecule has 7 heteroatoms. The van der Waals surface area contributed by atoms with Crippen molar-refractivity contribution in [3.05, 3.63) is 40.8 Å². The van der Waals surface area contributed by atoms with Crippen LogP contribution in [0.25, 0.3) is 0 Å². The van der Waals surface area contributed by atoms with E-state index >= 15 is 0 Å². The van der Waals surface area contributed by atoms with Crippen molar-refractivity contribution in [2.24, 2.45) is 0 Å². The van der Waals surface area contributed by atoms with E-state index in [4.69, 9.17) is 0 Å². The summed E-state index contributed by atoms with van der Waals surface area (Å²) in [6, 6.07) is 6.84. The van der Waals surface area contributed by atoms with Gasteiger partial charge < -0.3 is 5.32 Å². The van der Waals surface area contributed by atoms with Gasteiger partial charge in [-0.1, -0.05) is 19.1 Å². The number of rotatable bonds is 6. The van der Waals surface area contributed by atoms with E-state index in [-0.39, 0.29) is 4.90 Å². The highest BCUT2D eigenvalue weighted by Crippen LogP contribution is 2.21. The van der Waals surface area contributed by atoms with Gasteiger partial charge in [-0.25, -0.2) is 18.1 Å². The number of anilines is 1. The van der Waals surface area contributed by atoms with Gasteiger partial charge in [-0.15, -0.1) is 11.3 Å². The predicted molar refractivity (Wildman–Crippen MR) is 76.7 cm³/mol. The van der Waals surface area contributed by atoms with Gasteiger partial charge in [0, 0.05) is 18.1 Å². The van der Waals surface area contributed by atoms with Gasteiger partial charge in [-0.05, 0) is 12.1 Å². The van der Waals surface area contributed by atoms with Crippen molar-refractivity contribution >= 4 is 27.0 Å². The van der Waals surface area contributed by atoms with Gasteiger partial charge in [-0.3, -0.25) is 0 Å². The van der Waals surface area contributed by atoms with E-state index in [2.05, 4.69) is 15.0 Å². The first kappa shape index (κ1) is 14.0. The van der Waals surface area contributed by atoms with Gasteiger partial charge in [0.25, 0.3) is 0 Å². The molecule has 2 N–H and O–H groups in total. The minimum Gasteiger partial charge on any atom is -0.377 e. The molecule has 2 rings (SSSR count). The van der Waals surface area contributed by atoms with Crippen LogP contribution in [-0.2, 0) is 16.6 Å². The van der Waals surface area contributed by atoms with Crippen molar-refractivity contribution in [2.75, 3.05) is 11.9 Å². The first-order chi connectivity index (χ1) is 9.13. The van der Waals surface area contributed by atoms with Crippen molar-refractivity contribution in [1.29, 1.82) is 0 Å². The summed E-state index contributed by atoms with van der Waals surface area (Å²) in [6.45, 7) is 2.63. The Kier molecular flexibility index (Phi) is 4.52. The minimum absolute atomic E-state index is 0.258. The highest BCUT2D eigenvalue weighted by molar-refractivity contribution is 7.89. The van der Waals surface area contributed by atoms with Crippen molar-refractivity contribution in [3.63, 3.8) is 0 Å². The van der Waals surface area contributed by atoms with Crippen molar-refractivity contribution in [1.82, 2.24) is 9.71 Å². The molecule has 0 bridgehead atoms. The summed E-state index contributed by atoms with van der Waals surface area (Å²) in [6.07, 6.45) is 1.73. The van der Waals surface area contributed by atoms with Crippen LogP contribution >= 0.6 is 11.3 Å². The number of thiazole rings is 1. The van der Waals surface area contributed by atoms with E-state index < -0.39 is 10.0 Å². The monoisotopic (exact) mass is 297 g/mol.